The van der Waals surface area contributed by atoms with Crippen molar-refractivity contribution in [3.8, 4) is 0 Å². The van der Waals surface area contributed by atoms with Crippen molar-refractivity contribution in [2.75, 3.05) is 32.1 Å². The lowest BCUT2D eigenvalue weighted by Gasteiger charge is -2.24. The Balaban J connectivity index is 0.00000261. The molecule has 0 atom stereocenters. The molecule has 0 bridgehead atoms. The number of anilines is 2. The number of carbonyl (C=O) groups is 1. The standard InChI is InChI=1S/C22H28N2O2.ClH/c1-24(20-8-3-17(4-9-20)5-12-22(25)26-2)21-10-6-18(7-11-21)19-13-15-23-16-14-19;/h3-4,6-11,19,23H,5,12-16H2,1-2H3;1H. The Morgan fingerprint density at radius 3 is 2.15 bits per heavy atom. The summed E-state index contributed by atoms with van der Waals surface area (Å²) in [6.07, 6.45) is 3.58. The molecule has 4 nitrogen and oxygen atoms in total. The average Bonchev–Trinajstić information content (AvgIpc) is 2.72. The molecule has 1 saturated heterocycles. The lowest BCUT2D eigenvalue weighted by molar-refractivity contribution is -0.140. The Hall–Kier alpha value is -2.04. The van der Waals surface area contributed by atoms with E-state index in [4.69, 9.17) is 4.74 Å². The number of halogens is 1. The maximum atomic E-state index is 11.3. The van der Waals surface area contributed by atoms with Crippen molar-refractivity contribution in [2.45, 2.75) is 31.6 Å². The molecule has 0 saturated carbocycles. The van der Waals surface area contributed by atoms with Crippen molar-refractivity contribution in [2.24, 2.45) is 0 Å². The smallest absolute Gasteiger partial charge is 0.305 e. The molecule has 0 aliphatic carbocycles. The van der Waals surface area contributed by atoms with Gasteiger partial charge in [-0.15, -0.1) is 12.4 Å². The first kappa shape index (κ1) is 21.3. The van der Waals surface area contributed by atoms with Crippen molar-refractivity contribution >= 4 is 29.8 Å². The van der Waals surface area contributed by atoms with Crippen LogP contribution < -0.4 is 10.2 Å². The van der Waals surface area contributed by atoms with E-state index in [1.807, 2.05) is 0 Å². The molecule has 1 aliphatic heterocycles. The monoisotopic (exact) mass is 388 g/mol. The van der Waals surface area contributed by atoms with Gasteiger partial charge in [0.05, 0.1) is 7.11 Å². The summed E-state index contributed by atoms with van der Waals surface area (Å²) in [5.41, 5.74) is 4.92. The lowest BCUT2D eigenvalue weighted by Crippen LogP contribution is -2.26. The topological polar surface area (TPSA) is 41.6 Å². The summed E-state index contributed by atoms with van der Waals surface area (Å²) in [5, 5.41) is 3.42. The van der Waals surface area contributed by atoms with Gasteiger partial charge in [-0.2, -0.15) is 0 Å². The van der Waals surface area contributed by atoms with Crippen molar-refractivity contribution in [1.29, 1.82) is 0 Å². The zero-order chi connectivity index (χ0) is 18.4. The second-order valence-electron chi connectivity index (χ2n) is 6.92. The van der Waals surface area contributed by atoms with Crippen LogP contribution in [-0.2, 0) is 16.0 Å². The number of esters is 1. The highest BCUT2D eigenvalue weighted by Gasteiger charge is 2.15. The van der Waals surface area contributed by atoms with Crippen LogP contribution in [0.5, 0.6) is 0 Å². The van der Waals surface area contributed by atoms with Gasteiger partial charge < -0.3 is 15.0 Å². The number of carbonyl (C=O) groups excluding carboxylic acids is 1. The molecule has 0 amide bonds. The number of aryl methyl sites for hydroxylation is 1. The van der Waals surface area contributed by atoms with Gasteiger partial charge in [0.1, 0.15) is 0 Å². The minimum absolute atomic E-state index is 0. The Bertz CT molecular complexity index is 710. The molecule has 1 N–H and O–H groups in total. The summed E-state index contributed by atoms with van der Waals surface area (Å²) in [6.45, 7) is 2.24. The van der Waals surface area contributed by atoms with Crippen LogP contribution in [0.1, 0.15) is 36.3 Å². The summed E-state index contributed by atoms with van der Waals surface area (Å²) in [7, 11) is 3.51. The van der Waals surface area contributed by atoms with Gasteiger partial charge in [0.15, 0.2) is 0 Å². The SMILES string of the molecule is COC(=O)CCc1ccc(N(C)c2ccc(C3CCNCC3)cc2)cc1.Cl. The van der Waals surface area contributed by atoms with E-state index < -0.39 is 0 Å². The van der Waals surface area contributed by atoms with E-state index >= 15 is 0 Å². The zero-order valence-corrected chi connectivity index (χ0v) is 16.9. The maximum Gasteiger partial charge on any atom is 0.305 e. The number of nitrogens with one attached hydrogen (secondary N) is 1. The minimum atomic E-state index is -0.167. The number of hydrogen-bond acceptors (Lipinski definition) is 4. The fraction of sp³-hybridized carbons (Fsp3) is 0.409. The highest BCUT2D eigenvalue weighted by atomic mass is 35.5. The van der Waals surface area contributed by atoms with Gasteiger partial charge in [-0.3, -0.25) is 4.79 Å². The number of hydrogen-bond donors (Lipinski definition) is 1. The number of rotatable bonds is 6. The van der Waals surface area contributed by atoms with Crippen molar-refractivity contribution < 1.29 is 9.53 Å². The number of ether oxygens (including phenoxy) is 1. The molecule has 3 rings (SSSR count). The van der Waals surface area contributed by atoms with E-state index in [1.165, 1.54) is 31.2 Å². The summed E-state index contributed by atoms with van der Waals surface area (Å²) in [4.78, 5) is 13.4. The number of nitrogens with zero attached hydrogens (tertiary/aromatic N) is 1. The van der Waals surface area contributed by atoms with E-state index in [-0.39, 0.29) is 18.4 Å². The molecule has 1 aliphatic rings. The largest absolute Gasteiger partial charge is 0.469 e. The van der Waals surface area contributed by atoms with Gasteiger partial charge in [-0.05, 0) is 73.7 Å². The number of piperidine rings is 1. The van der Waals surface area contributed by atoms with Crippen molar-refractivity contribution in [3.05, 3.63) is 59.7 Å². The molecule has 2 aromatic carbocycles. The highest BCUT2D eigenvalue weighted by molar-refractivity contribution is 5.85. The van der Waals surface area contributed by atoms with Crippen LogP contribution in [0.3, 0.4) is 0 Å². The van der Waals surface area contributed by atoms with Gasteiger partial charge in [0, 0.05) is 24.8 Å². The third kappa shape index (κ3) is 5.72. The molecular formula is C22H29ClN2O2. The second-order valence-corrected chi connectivity index (χ2v) is 6.92. The van der Waals surface area contributed by atoms with Crippen molar-refractivity contribution in [3.63, 3.8) is 0 Å². The van der Waals surface area contributed by atoms with Crippen LogP contribution in [-0.4, -0.2) is 33.2 Å². The summed E-state index contributed by atoms with van der Waals surface area (Å²) >= 11 is 0. The van der Waals surface area contributed by atoms with E-state index in [0.717, 1.165) is 24.3 Å². The van der Waals surface area contributed by atoms with Crippen LogP contribution in [0.15, 0.2) is 48.5 Å². The minimum Gasteiger partial charge on any atom is -0.469 e. The summed E-state index contributed by atoms with van der Waals surface area (Å²) in [6, 6.07) is 17.3. The maximum absolute atomic E-state index is 11.3. The van der Waals surface area contributed by atoms with Gasteiger partial charge in [0.2, 0.25) is 0 Å². The summed E-state index contributed by atoms with van der Waals surface area (Å²) in [5.74, 6) is 0.518. The molecule has 2 aromatic rings. The fourth-order valence-electron chi connectivity index (χ4n) is 3.51. The first-order valence-corrected chi connectivity index (χ1v) is 9.37. The average molecular weight is 389 g/mol. The lowest BCUT2D eigenvalue weighted by atomic mass is 9.90. The van der Waals surface area contributed by atoms with E-state index in [2.05, 4.69) is 65.8 Å². The van der Waals surface area contributed by atoms with Gasteiger partial charge in [-0.25, -0.2) is 0 Å². The van der Waals surface area contributed by atoms with E-state index in [0.29, 0.717) is 18.8 Å². The van der Waals surface area contributed by atoms with Crippen LogP contribution in [0.2, 0.25) is 0 Å². The van der Waals surface area contributed by atoms with Crippen LogP contribution in [0, 0.1) is 0 Å². The molecule has 1 fully saturated rings. The Morgan fingerprint density at radius 2 is 1.59 bits per heavy atom. The van der Waals surface area contributed by atoms with E-state index in [9.17, 15) is 4.79 Å². The normalized spacial score (nSPS) is 14.3. The third-order valence-electron chi connectivity index (χ3n) is 5.26. The Kier molecular flexibility index (Phi) is 8.14. The Morgan fingerprint density at radius 1 is 1.04 bits per heavy atom. The first-order chi connectivity index (χ1) is 12.7. The molecule has 5 heteroatoms. The molecule has 0 spiro atoms. The quantitative estimate of drug-likeness (QED) is 0.742. The third-order valence-corrected chi connectivity index (χ3v) is 5.26. The van der Waals surface area contributed by atoms with Crippen LogP contribution >= 0.6 is 12.4 Å². The molecule has 0 aromatic heterocycles. The zero-order valence-electron chi connectivity index (χ0n) is 16.1. The van der Waals surface area contributed by atoms with Gasteiger partial charge in [-0.1, -0.05) is 24.3 Å². The van der Waals surface area contributed by atoms with Gasteiger partial charge >= 0.3 is 5.97 Å². The van der Waals surface area contributed by atoms with Crippen LogP contribution in [0.4, 0.5) is 11.4 Å². The first-order valence-electron chi connectivity index (χ1n) is 9.37. The van der Waals surface area contributed by atoms with Gasteiger partial charge in [0.25, 0.3) is 0 Å². The van der Waals surface area contributed by atoms with Crippen LogP contribution in [0.25, 0.3) is 0 Å². The van der Waals surface area contributed by atoms with Crippen molar-refractivity contribution in [1.82, 2.24) is 5.32 Å². The molecule has 146 valence electrons. The predicted molar refractivity (Wildman–Crippen MR) is 113 cm³/mol. The fourth-order valence-corrected chi connectivity index (χ4v) is 3.51. The molecule has 27 heavy (non-hydrogen) atoms. The summed E-state index contributed by atoms with van der Waals surface area (Å²) < 4.78 is 4.69. The van der Waals surface area contributed by atoms with E-state index in [1.54, 1.807) is 0 Å². The highest BCUT2D eigenvalue weighted by Crippen LogP contribution is 2.29. The molecular weight excluding hydrogens is 360 g/mol. The predicted octanol–water partition coefficient (Wildman–Crippen LogP) is 4.45. The molecule has 0 radical (unpaired) electrons. The number of methoxy groups -OCH3 is 1. The molecule has 1 heterocycles. The number of benzene rings is 2. The Labute approximate surface area is 168 Å². The second kappa shape index (κ2) is 10.3. The molecule has 0 unspecified atom stereocenters.